The van der Waals surface area contributed by atoms with Gasteiger partial charge in [0.1, 0.15) is 0 Å². The van der Waals surface area contributed by atoms with E-state index >= 15 is 0 Å². The fraction of sp³-hybridized carbons (Fsp3) is 0.500. The van der Waals surface area contributed by atoms with Gasteiger partial charge in [-0.25, -0.2) is 0 Å². The average Bonchev–Trinajstić information content (AvgIpc) is 3.25. The van der Waals surface area contributed by atoms with E-state index in [2.05, 4.69) is 29.0 Å². The molecule has 1 N–H and O–H groups in total. The zero-order valence-corrected chi connectivity index (χ0v) is 20.2. The maximum atomic E-state index is 12.9. The van der Waals surface area contributed by atoms with Crippen LogP contribution in [-0.4, -0.2) is 78.6 Å². The van der Waals surface area contributed by atoms with Crippen molar-refractivity contribution < 1.29 is 9.90 Å². The summed E-state index contributed by atoms with van der Waals surface area (Å²) in [5.74, 6) is 0.555. The van der Waals surface area contributed by atoms with E-state index in [1.54, 1.807) is 0 Å². The number of benzene rings is 2. The molecule has 2 aliphatic heterocycles. The fourth-order valence-corrected chi connectivity index (χ4v) is 5.16. The van der Waals surface area contributed by atoms with E-state index in [1.165, 1.54) is 12.0 Å². The molecular formula is C28H36N4O2. The predicted octanol–water partition coefficient (Wildman–Crippen LogP) is 3.60. The van der Waals surface area contributed by atoms with Crippen LogP contribution in [0.5, 0.6) is 0 Å². The number of hydrogen-bond donors (Lipinski definition) is 1. The number of carbonyl (C=O) groups excluding carboxylic acids is 1. The van der Waals surface area contributed by atoms with Gasteiger partial charge >= 0.3 is 0 Å². The Morgan fingerprint density at radius 3 is 2.68 bits per heavy atom. The largest absolute Gasteiger partial charge is 0.396 e. The minimum atomic E-state index is 0.0667. The van der Waals surface area contributed by atoms with Crippen molar-refractivity contribution in [1.82, 2.24) is 14.7 Å². The number of aliphatic hydroxyl groups excluding tert-OH is 1. The highest BCUT2D eigenvalue weighted by molar-refractivity contribution is 5.95. The quantitative estimate of drug-likeness (QED) is 0.684. The average molecular weight is 461 g/mol. The first-order valence-electron chi connectivity index (χ1n) is 12.5. The highest BCUT2D eigenvalue weighted by Gasteiger charge is 2.26. The molecule has 6 nitrogen and oxygen atoms in total. The van der Waals surface area contributed by atoms with Gasteiger partial charge in [0, 0.05) is 44.9 Å². The van der Waals surface area contributed by atoms with Crippen LogP contribution >= 0.6 is 0 Å². The molecule has 0 aliphatic carbocycles. The second kappa shape index (κ2) is 11.6. The Kier molecular flexibility index (Phi) is 8.34. The van der Waals surface area contributed by atoms with Gasteiger partial charge < -0.3 is 14.9 Å². The molecule has 2 aromatic carbocycles. The topological polar surface area (TPSA) is 70.8 Å². The van der Waals surface area contributed by atoms with Crippen LogP contribution in [0.25, 0.3) is 11.1 Å². The first kappa shape index (κ1) is 24.4. The zero-order chi connectivity index (χ0) is 23.9. The summed E-state index contributed by atoms with van der Waals surface area (Å²) in [4.78, 5) is 19.7. The van der Waals surface area contributed by atoms with Crippen LogP contribution in [0.2, 0.25) is 0 Å². The lowest BCUT2D eigenvalue weighted by atomic mass is 9.97. The second-order valence-electron chi connectivity index (χ2n) is 9.77. The Balaban J connectivity index is 1.42. The summed E-state index contributed by atoms with van der Waals surface area (Å²) < 4.78 is 0. The SMILES string of the molecule is CN1CCCN(Cc2ccc(-c3ccc(C(=O)N4CCC(CCCO)C4)cc3)c(C#N)c2)CC1. The number of nitriles is 1. The van der Waals surface area contributed by atoms with E-state index in [1.807, 2.05) is 41.3 Å². The Morgan fingerprint density at radius 1 is 1.09 bits per heavy atom. The monoisotopic (exact) mass is 460 g/mol. The molecule has 1 unspecified atom stereocenters. The van der Waals surface area contributed by atoms with Crippen LogP contribution in [-0.2, 0) is 6.54 Å². The smallest absolute Gasteiger partial charge is 0.253 e. The van der Waals surface area contributed by atoms with E-state index < -0.39 is 0 Å². The molecule has 1 atom stereocenters. The summed E-state index contributed by atoms with van der Waals surface area (Å²) in [7, 11) is 2.17. The standard InChI is InChI=1S/C28H36N4O2/c1-30-12-3-13-31(16-15-30)20-23-5-10-27(26(18-23)19-29)24-6-8-25(9-7-24)28(34)32-14-11-22(21-32)4-2-17-33/h5-10,18,22,33H,2-4,11-17,20-21H2,1H3. The van der Waals surface area contributed by atoms with Crippen molar-refractivity contribution in [3.8, 4) is 17.2 Å². The van der Waals surface area contributed by atoms with E-state index in [4.69, 9.17) is 5.11 Å². The van der Waals surface area contributed by atoms with Crippen molar-refractivity contribution in [2.45, 2.75) is 32.2 Å². The van der Waals surface area contributed by atoms with Gasteiger partial charge in [-0.3, -0.25) is 9.69 Å². The summed E-state index contributed by atoms with van der Waals surface area (Å²) in [6, 6.07) is 16.2. The fourth-order valence-electron chi connectivity index (χ4n) is 5.16. The summed E-state index contributed by atoms with van der Waals surface area (Å²) >= 11 is 0. The van der Waals surface area contributed by atoms with Crippen molar-refractivity contribution >= 4 is 5.91 Å². The van der Waals surface area contributed by atoms with Gasteiger partial charge in [0.15, 0.2) is 0 Å². The lowest BCUT2D eigenvalue weighted by Crippen LogP contribution is -2.28. The van der Waals surface area contributed by atoms with Crippen LogP contribution in [0, 0.1) is 17.2 Å². The van der Waals surface area contributed by atoms with Crippen molar-refractivity contribution in [1.29, 1.82) is 5.26 Å². The van der Waals surface area contributed by atoms with Crippen molar-refractivity contribution in [3.63, 3.8) is 0 Å². The lowest BCUT2D eigenvalue weighted by Gasteiger charge is -2.20. The number of likely N-dealkylation sites (tertiary alicyclic amines) is 1. The van der Waals surface area contributed by atoms with Crippen molar-refractivity contribution in [3.05, 3.63) is 59.2 Å². The maximum absolute atomic E-state index is 12.9. The third kappa shape index (κ3) is 6.04. The number of amides is 1. The number of likely N-dealkylation sites (N-methyl/N-ethyl adjacent to an activating group) is 1. The molecule has 2 saturated heterocycles. The lowest BCUT2D eigenvalue weighted by molar-refractivity contribution is 0.0786. The molecular weight excluding hydrogens is 424 g/mol. The first-order chi connectivity index (χ1) is 16.6. The van der Waals surface area contributed by atoms with Gasteiger partial charge in [-0.05, 0) is 86.6 Å². The zero-order valence-electron chi connectivity index (χ0n) is 20.2. The van der Waals surface area contributed by atoms with E-state index in [0.717, 1.165) is 76.2 Å². The Labute approximate surface area is 203 Å². The molecule has 0 bridgehead atoms. The molecule has 0 saturated carbocycles. The van der Waals surface area contributed by atoms with Gasteiger partial charge in [0.25, 0.3) is 5.91 Å². The third-order valence-electron chi connectivity index (χ3n) is 7.21. The van der Waals surface area contributed by atoms with Crippen LogP contribution in [0.4, 0.5) is 0 Å². The first-order valence-corrected chi connectivity index (χ1v) is 12.5. The van der Waals surface area contributed by atoms with Gasteiger partial charge in [0.05, 0.1) is 11.6 Å². The number of carbonyl (C=O) groups is 1. The minimum absolute atomic E-state index is 0.0667. The molecule has 4 rings (SSSR count). The summed E-state index contributed by atoms with van der Waals surface area (Å²) in [6.45, 7) is 6.99. The molecule has 180 valence electrons. The van der Waals surface area contributed by atoms with Crippen LogP contribution in [0.1, 0.15) is 47.2 Å². The predicted molar refractivity (Wildman–Crippen MR) is 134 cm³/mol. The molecule has 2 aliphatic rings. The molecule has 0 aromatic heterocycles. The molecule has 34 heavy (non-hydrogen) atoms. The number of aliphatic hydroxyl groups is 1. The van der Waals surface area contributed by atoms with Crippen molar-refractivity contribution in [2.24, 2.45) is 5.92 Å². The normalized spacial score (nSPS) is 19.7. The second-order valence-corrected chi connectivity index (χ2v) is 9.77. The van der Waals surface area contributed by atoms with Crippen molar-refractivity contribution in [2.75, 3.05) is 52.9 Å². The van der Waals surface area contributed by atoms with Gasteiger partial charge in [-0.15, -0.1) is 0 Å². The third-order valence-corrected chi connectivity index (χ3v) is 7.21. The number of nitrogens with zero attached hydrogens (tertiary/aromatic N) is 4. The molecule has 0 radical (unpaired) electrons. The van der Waals surface area contributed by atoms with Crippen LogP contribution in [0.15, 0.2) is 42.5 Å². The Hall–Kier alpha value is -2.72. The molecule has 6 heteroatoms. The van der Waals surface area contributed by atoms with E-state index in [-0.39, 0.29) is 12.5 Å². The summed E-state index contributed by atoms with van der Waals surface area (Å²) in [5, 5.41) is 18.9. The van der Waals surface area contributed by atoms with Crippen LogP contribution in [0.3, 0.4) is 0 Å². The van der Waals surface area contributed by atoms with Gasteiger partial charge in [0.2, 0.25) is 0 Å². The highest BCUT2D eigenvalue weighted by atomic mass is 16.3. The Bertz CT molecular complexity index is 1010. The molecule has 2 fully saturated rings. The summed E-state index contributed by atoms with van der Waals surface area (Å²) in [6.07, 6.45) is 3.96. The molecule has 0 spiro atoms. The van der Waals surface area contributed by atoms with Crippen LogP contribution < -0.4 is 0 Å². The maximum Gasteiger partial charge on any atom is 0.253 e. The van der Waals surface area contributed by atoms with E-state index in [0.29, 0.717) is 17.0 Å². The van der Waals surface area contributed by atoms with E-state index in [9.17, 15) is 10.1 Å². The summed E-state index contributed by atoms with van der Waals surface area (Å²) in [5.41, 5.74) is 4.40. The Morgan fingerprint density at radius 2 is 1.91 bits per heavy atom. The van der Waals surface area contributed by atoms with Gasteiger partial charge in [-0.1, -0.05) is 24.3 Å². The van der Waals surface area contributed by atoms with Gasteiger partial charge in [-0.2, -0.15) is 5.26 Å². The highest BCUT2D eigenvalue weighted by Crippen LogP contribution is 2.27. The molecule has 2 aromatic rings. The molecule has 1 amide bonds. The number of hydrogen-bond acceptors (Lipinski definition) is 5. The minimum Gasteiger partial charge on any atom is -0.396 e. The number of rotatable bonds is 7. The molecule has 2 heterocycles.